The van der Waals surface area contributed by atoms with Crippen LogP contribution < -0.4 is 52.4 Å². The molecule has 0 saturated heterocycles. The van der Waals surface area contributed by atoms with Crippen molar-refractivity contribution in [1.82, 2.24) is 0 Å². The van der Waals surface area contributed by atoms with Gasteiger partial charge in [0.2, 0.25) is 0 Å². The number of nitrogens with zero attached hydrogens (tertiary/aromatic N) is 4. The van der Waals surface area contributed by atoms with Gasteiger partial charge in [-0.2, -0.15) is 0 Å². The van der Waals surface area contributed by atoms with Gasteiger partial charge in [0.15, 0.2) is 0 Å². The Balaban J connectivity index is 0.947. The van der Waals surface area contributed by atoms with Crippen molar-refractivity contribution < 1.29 is 0 Å². The van der Waals surface area contributed by atoms with Crippen molar-refractivity contribution in [2.24, 2.45) is 0 Å². The maximum atomic E-state index is 2.70. The van der Waals surface area contributed by atoms with Crippen LogP contribution in [0.2, 0.25) is 0 Å². The van der Waals surface area contributed by atoms with Gasteiger partial charge >= 0.3 is 0 Å². The third kappa shape index (κ3) is 10.1. The molecule has 6 heteroatoms. The molecule has 0 fully saturated rings. The van der Waals surface area contributed by atoms with Gasteiger partial charge in [-0.1, -0.05) is 295 Å². The van der Waals surface area contributed by atoms with Crippen LogP contribution in [-0.2, 0) is 21.7 Å². The average molecular weight is 1350 g/mol. The summed E-state index contributed by atoms with van der Waals surface area (Å²) in [5, 5.41) is 0. The van der Waals surface area contributed by atoms with Crippen LogP contribution >= 0.6 is 0 Å². The first kappa shape index (κ1) is 64.3. The van der Waals surface area contributed by atoms with Crippen LogP contribution in [0.4, 0.5) is 68.2 Å². The van der Waals surface area contributed by atoms with E-state index in [9.17, 15) is 0 Å². The zero-order chi connectivity index (χ0) is 71.6. The Hall–Kier alpha value is -11.6. The van der Waals surface area contributed by atoms with Crippen LogP contribution in [0.25, 0.3) is 55.6 Å². The van der Waals surface area contributed by atoms with E-state index >= 15 is 0 Å². The minimum atomic E-state index is -0.254. The van der Waals surface area contributed by atoms with Gasteiger partial charge in [0.05, 0.1) is 5.69 Å². The monoisotopic (exact) mass is 1350 g/mol. The third-order valence-corrected chi connectivity index (χ3v) is 23.4. The van der Waals surface area contributed by atoms with E-state index in [0.717, 1.165) is 51.2 Å². The van der Waals surface area contributed by atoms with Crippen LogP contribution in [0.1, 0.15) is 104 Å². The van der Waals surface area contributed by atoms with E-state index < -0.39 is 0 Å². The number of fused-ring (bicyclic) bond motifs is 11. The van der Waals surface area contributed by atoms with E-state index in [4.69, 9.17) is 0 Å². The molecular weight excluding hydrogens is 1270 g/mol. The largest absolute Gasteiger partial charge is 0.311 e. The number of hydrogen-bond donors (Lipinski definition) is 0. The number of para-hydroxylation sites is 5. The van der Waals surface area contributed by atoms with Crippen LogP contribution in [0.3, 0.4) is 0 Å². The molecule has 4 nitrogen and oxygen atoms in total. The van der Waals surface area contributed by atoms with E-state index in [1.54, 1.807) is 0 Å². The molecule has 0 saturated carbocycles. The molecule has 105 heavy (non-hydrogen) atoms. The van der Waals surface area contributed by atoms with E-state index in [0.29, 0.717) is 0 Å². The minimum absolute atomic E-state index is 0.125. The molecule has 5 aliphatic rings. The summed E-state index contributed by atoms with van der Waals surface area (Å²) in [4.78, 5) is 10.5. The minimum Gasteiger partial charge on any atom is -0.311 e. The Morgan fingerprint density at radius 1 is 0.248 bits per heavy atom. The van der Waals surface area contributed by atoms with Crippen LogP contribution in [0, 0.1) is 0 Å². The summed E-state index contributed by atoms with van der Waals surface area (Å²) in [6.07, 6.45) is 0. The summed E-state index contributed by atoms with van der Waals surface area (Å²) < 4.78 is 0. The van der Waals surface area contributed by atoms with Crippen molar-refractivity contribution in [3.05, 3.63) is 337 Å². The lowest BCUT2D eigenvalue weighted by Crippen LogP contribution is -2.65. The first-order valence-electron chi connectivity index (χ1n) is 37.5. The highest BCUT2D eigenvalue weighted by atomic mass is 15.2. The van der Waals surface area contributed by atoms with Crippen LogP contribution in [0.15, 0.2) is 309 Å². The lowest BCUT2D eigenvalue weighted by molar-refractivity contribution is 0.569. The molecule has 0 unspecified atom stereocenters. The molecule has 0 radical (unpaired) electrons. The maximum Gasteiger partial charge on any atom is 0.252 e. The normalized spacial score (nSPS) is 14.2. The second-order valence-electron chi connectivity index (χ2n) is 33.3. The zero-order valence-corrected chi connectivity index (χ0v) is 61.9. The van der Waals surface area contributed by atoms with Crippen molar-refractivity contribution in [1.29, 1.82) is 0 Å². The summed E-state index contributed by atoms with van der Waals surface area (Å²) in [5.74, 6) is 0. The van der Waals surface area contributed by atoms with Crippen molar-refractivity contribution >= 4 is 114 Å². The molecule has 0 amide bonds. The molecule has 0 atom stereocenters. The van der Waals surface area contributed by atoms with Crippen molar-refractivity contribution in [3.8, 4) is 55.6 Å². The fourth-order valence-electron chi connectivity index (χ4n) is 18.2. The second-order valence-corrected chi connectivity index (χ2v) is 33.3. The number of rotatable bonds is 8. The van der Waals surface area contributed by atoms with Gasteiger partial charge in [0, 0.05) is 79.1 Å². The molecule has 506 valence electrons. The third-order valence-electron chi connectivity index (χ3n) is 23.4. The van der Waals surface area contributed by atoms with E-state index in [-0.39, 0.29) is 35.1 Å². The standard InChI is InChI=1S/C99H84B2N4/c1-96(2,3)68-52-65(53-69(58-68)97(4,5)6)66-54-88-94-91(55-66)105(95-77(63-34-17-12-18-35-63)59-70(98(7,8)9)60-78(95)64-36-19-13-20-37-64)85-51-32-30-49-81(85)101(94)83-61-82-87(62-86(83)103(88)72-40-23-15-24-41-72)104(73-42-25-16-26-43-73)90-57-67(74-45-33-46-76-75-44-27-28-47-79(75)99(10,11)92(74)76)56-89-93(90)100(82)80-48-29-31-50-84(80)102(89)71-38-21-14-22-39-71/h12-62H,1-11H3. The maximum absolute atomic E-state index is 2.70. The Labute approximate surface area is 620 Å². The average Bonchev–Trinajstić information content (AvgIpc) is 1.22. The molecule has 14 aromatic rings. The quantitative estimate of drug-likeness (QED) is 0.141. The van der Waals surface area contributed by atoms with E-state index in [1.165, 1.54) is 133 Å². The smallest absolute Gasteiger partial charge is 0.252 e. The highest BCUT2D eigenvalue weighted by Crippen LogP contribution is 2.57. The summed E-state index contributed by atoms with van der Waals surface area (Å²) in [6.45, 7) is 25.7. The molecule has 14 aromatic carbocycles. The second kappa shape index (κ2) is 23.7. The lowest BCUT2D eigenvalue weighted by Gasteiger charge is -2.48. The summed E-state index contributed by atoms with van der Waals surface area (Å²) in [7, 11) is 0. The van der Waals surface area contributed by atoms with Gasteiger partial charge < -0.3 is 19.6 Å². The van der Waals surface area contributed by atoms with Crippen molar-refractivity contribution in [2.75, 3.05) is 19.6 Å². The van der Waals surface area contributed by atoms with Gasteiger partial charge in [0.25, 0.3) is 13.4 Å². The molecule has 1 aliphatic carbocycles. The SMILES string of the molecule is CC(C)(C)c1cc(-c2cc3c4c(c2)N(c2c(-c5ccccc5)cc(C(C)(C)C)cc2-c2ccccc2)c2ccccc2B4c2cc4c(cc2N3c2ccccc2)N(c2ccccc2)c2cc(-c3cccc5c3C(C)(C)c3ccccc3-5)cc3c2B4c2ccccc2N3c2ccccc2)cc(C(C)(C)C)c1. The van der Waals surface area contributed by atoms with Crippen molar-refractivity contribution in [2.45, 2.75) is 97.8 Å². The van der Waals surface area contributed by atoms with Gasteiger partial charge in [-0.15, -0.1) is 0 Å². The summed E-state index contributed by atoms with van der Waals surface area (Å²) in [5.41, 5.74) is 39.6. The highest BCUT2D eigenvalue weighted by Gasteiger charge is 2.50. The zero-order valence-electron chi connectivity index (χ0n) is 61.9. The number of benzene rings is 14. The summed E-state index contributed by atoms with van der Waals surface area (Å²) in [6, 6.07) is 119. The fourth-order valence-corrected chi connectivity index (χ4v) is 18.2. The number of anilines is 12. The van der Waals surface area contributed by atoms with Gasteiger partial charge in [-0.3, -0.25) is 0 Å². The molecule has 0 N–H and O–H groups in total. The van der Waals surface area contributed by atoms with Crippen LogP contribution in [0.5, 0.6) is 0 Å². The first-order chi connectivity index (χ1) is 50.8. The number of hydrogen-bond acceptors (Lipinski definition) is 4. The van der Waals surface area contributed by atoms with E-state index in [1.807, 2.05) is 0 Å². The van der Waals surface area contributed by atoms with Gasteiger partial charge in [-0.25, -0.2) is 0 Å². The van der Waals surface area contributed by atoms with Gasteiger partial charge in [0.1, 0.15) is 0 Å². The molecule has 0 spiro atoms. The Kier molecular flexibility index (Phi) is 14.5. The first-order valence-corrected chi connectivity index (χ1v) is 37.5. The molecule has 4 aliphatic heterocycles. The Bertz CT molecular complexity index is 5750. The topological polar surface area (TPSA) is 13.0 Å². The highest BCUT2D eigenvalue weighted by molar-refractivity contribution is 7.03. The van der Waals surface area contributed by atoms with Crippen LogP contribution in [-0.4, -0.2) is 13.4 Å². The van der Waals surface area contributed by atoms with E-state index in [2.05, 4.69) is 405 Å². The Morgan fingerprint density at radius 3 is 1.09 bits per heavy atom. The fraction of sp³-hybridized carbons (Fsp3) is 0.152. The molecule has 0 aromatic heterocycles. The lowest BCUT2D eigenvalue weighted by atomic mass is 9.30. The molecule has 0 bridgehead atoms. The molecule has 4 heterocycles. The van der Waals surface area contributed by atoms with Crippen molar-refractivity contribution in [3.63, 3.8) is 0 Å². The predicted molar refractivity (Wildman–Crippen MR) is 450 cm³/mol. The molecular formula is C99H84B2N4. The predicted octanol–water partition coefficient (Wildman–Crippen LogP) is 22.7. The Morgan fingerprint density at radius 2 is 0.610 bits per heavy atom. The summed E-state index contributed by atoms with van der Waals surface area (Å²) >= 11 is 0. The van der Waals surface area contributed by atoms with Gasteiger partial charge in [-0.05, 0) is 212 Å². The molecule has 19 rings (SSSR count).